The first-order valence-electron chi connectivity index (χ1n) is 9.18. The van der Waals surface area contributed by atoms with Crippen molar-refractivity contribution in [1.29, 1.82) is 0 Å². The number of hydrogen-bond acceptors (Lipinski definition) is 4. The first-order chi connectivity index (χ1) is 12.6. The number of carbonyl (C=O) groups excluding carboxylic acids is 2. The maximum atomic E-state index is 12.0. The molecule has 2 aromatic carbocycles. The Balaban J connectivity index is 1.41. The summed E-state index contributed by atoms with van der Waals surface area (Å²) in [6, 6.07) is 13.7. The van der Waals surface area contributed by atoms with Crippen molar-refractivity contribution in [2.45, 2.75) is 38.6 Å². The predicted octanol–water partition coefficient (Wildman–Crippen LogP) is 3.46. The zero-order chi connectivity index (χ0) is 18.4. The maximum absolute atomic E-state index is 12.0. The van der Waals surface area contributed by atoms with Gasteiger partial charge >= 0.3 is 5.97 Å². The minimum absolute atomic E-state index is 0.184. The average Bonchev–Trinajstić information content (AvgIpc) is 2.66. The van der Waals surface area contributed by atoms with Crippen molar-refractivity contribution in [2.75, 3.05) is 13.2 Å². The molecule has 5 heteroatoms. The fourth-order valence-electron chi connectivity index (χ4n) is 3.37. The number of fused-ring (bicyclic) bond motifs is 1. The van der Waals surface area contributed by atoms with E-state index >= 15 is 0 Å². The third-order valence-corrected chi connectivity index (χ3v) is 4.90. The number of rotatable bonds is 6. The van der Waals surface area contributed by atoms with Crippen LogP contribution in [0, 0.1) is 5.92 Å². The van der Waals surface area contributed by atoms with E-state index in [1.807, 2.05) is 42.5 Å². The molecule has 0 spiro atoms. The van der Waals surface area contributed by atoms with Crippen LogP contribution in [-0.2, 0) is 14.3 Å². The highest BCUT2D eigenvalue weighted by Gasteiger charge is 2.23. The van der Waals surface area contributed by atoms with Gasteiger partial charge in [0.1, 0.15) is 5.75 Å². The molecule has 3 rings (SSSR count). The van der Waals surface area contributed by atoms with Gasteiger partial charge in [0.2, 0.25) is 0 Å². The lowest BCUT2D eigenvalue weighted by atomic mass is 9.86. The molecule has 0 saturated heterocycles. The maximum Gasteiger partial charge on any atom is 0.344 e. The van der Waals surface area contributed by atoms with E-state index in [1.165, 1.54) is 6.42 Å². The fraction of sp³-hybridized carbons (Fsp3) is 0.429. The summed E-state index contributed by atoms with van der Waals surface area (Å²) < 4.78 is 10.5. The van der Waals surface area contributed by atoms with Gasteiger partial charge in [-0.15, -0.1) is 0 Å². The van der Waals surface area contributed by atoms with Crippen molar-refractivity contribution in [3.63, 3.8) is 0 Å². The van der Waals surface area contributed by atoms with Crippen molar-refractivity contribution >= 4 is 22.6 Å². The lowest BCUT2D eigenvalue weighted by Gasteiger charge is -2.29. The Bertz CT molecular complexity index is 773. The van der Waals surface area contributed by atoms with Crippen molar-refractivity contribution in [1.82, 2.24) is 5.32 Å². The molecule has 1 aliphatic carbocycles. The van der Waals surface area contributed by atoms with Gasteiger partial charge in [-0.3, -0.25) is 4.79 Å². The van der Waals surface area contributed by atoms with Crippen LogP contribution in [0.25, 0.3) is 10.8 Å². The van der Waals surface area contributed by atoms with Crippen LogP contribution in [0.2, 0.25) is 0 Å². The van der Waals surface area contributed by atoms with Gasteiger partial charge < -0.3 is 14.8 Å². The Morgan fingerprint density at radius 1 is 1.04 bits per heavy atom. The molecule has 138 valence electrons. The normalized spacial score (nSPS) is 19.7. The van der Waals surface area contributed by atoms with E-state index in [-0.39, 0.29) is 25.2 Å². The van der Waals surface area contributed by atoms with Crippen LogP contribution in [0.15, 0.2) is 42.5 Å². The molecule has 0 aromatic heterocycles. The quantitative estimate of drug-likeness (QED) is 0.806. The van der Waals surface area contributed by atoms with Gasteiger partial charge in [0.15, 0.2) is 13.2 Å². The molecule has 2 atom stereocenters. The van der Waals surface area contributed by atoms with Crippen molar-refractivity contribution in [2.24, 2.45) is 5.92 Å². The highest BCUT2D eigenvalue weighted by Crippen LogP contribution is 2.23. The molecule has 1 amide bonds. The summed E-state index contributed by atoms with van der Waals surface area (Å²) in [5, 5.41) is 5.11. The van der Waals surface area contributed by atoms with Crippen molar-refractivity contribution < 1.29 is 19.1 Å². The van der Waals surface area contributed by atoms with Crippen LogP contribution < -0.4 is 10.1 Å². The molecule has 0 aliphatic heterocycles. The highest BCUT2D eigenvalue weighted by atomic mass is 16.6. The molecule has 0 radical (unpaired) electrons. The average molecular weight is 355 g/mol. The molecule has 2 unspecified atom stereocenters. The summed E-state index contributed by atoms with van der Waals surface area (Å²) in [6.07, 6.45) is 4.47. The van der Waals surface area contributed by atoms with Crippen LogP contribution in [0.4, 0.5) is 0 Å². The first-order valence-corrected chi connectivity index (χ1v) is 9.18. The summed E-state index contributed by atoms with van der Waals surface area (Å²) in [6.45, 7) is 1.67. The van der Waals surface area contributed by atoms with E-state index in [1.54, 1.807) is 0 Å². The van der Waals surface area contributed by atoms with Crippen molar-refractivity contribution in [3.05, 3.63) is 42.5 Å². The van der Waals surface area contributed by atoms with E-state index in [0.717, 1.165) is 30.0 Å². The van der Waals surface area contributed by atoms with E-state index in [0.29, 0.717) is 11.7 Å². The largest absolute Gasteiger partial charge is 0.482 e. The van der Waals surface area contributed by atoms with E-state index < -0.39 is 5.97 Å². The summed E-state index contributed by atoms with van der Waals surface area (Å²) in [4.78, 5) is 23.8. The molecule has 1 N–H and O–H groups in total. The molecule has 26 heavy (non-hydrogen) atoms. The van der Waals surface area contributed by atoms with E-state index in [4.69, 9.17) is 9.47 Å². The van der Waals surface area contributed by atoms with Crippen LogP contribution in [0.1, 0.15) is 32.6 Å². The molecule has 1 saturated carbocycles. The molecule has 1 fully saturated rings. The minimum Gasteiger partial charge on any atom is -0.482 e. The molecule has 0 bridgehead atoms. The second kappa shape index (κ2) is 8.70. The summed E-state index contributed by atoms with van der Waals surface area (Å²) in [7, 11) is 0. The fourth-order valence-corrected chi connectivity index (χ4v) is 3.37. The van der Waals surface area contributed by atoms with Crippen LogP contribution in [0.3, 0.4) is 0 Å². The minimum atomic E-state index is -0.551. The zero-order valence-electron chi connectivity index (χ0n) is 15.1. The van der Waals surface area contributed by atoms with E-state index in [2.05, 4.69) is 12.2 Å². The number of ether oxygens (including phenoxy) is 2. The van der Waals surface area contributed by atoms with Crippen LogP contribution in [-0.4, -0.2) is 31.1 Å². The molecule has 1 aliphatic rings. The van der Waals surface area contributed by atoms with Gasteiger partial charge in [0.25, 0.3) is 5.91 Å². The Morgan fingerprint density at radius 2 is 1.81 bits per heavy atom. The Labute approximate surface area is 153 Å². The van der Waals surface area contributed by atoms with Gasteiger partial charge in [-0.2, -0.15) is 0 Å². The lowest BCUT2D eigenvalue weighted by Crippen LogP contribution is -2.43. The third-order valence-electron chi connectivity index (χ3n) is 4.90. The number of nitrogens with one attached hydrogen (secondary N) is 1. The number of amides is 1. The van der Waals surface area contributed by atoms with Crippen LogP contribution >= 0.6 is 0 Å². The second-order valence-corrected chi connectivity index (χ2v) is 6.89. The smallest absolute Gasteiger partial charge is 0.344 e. The van der Waals surface area contributed by atoms with Gasteiger partial charge in [0, 0.05) is 6.04 Å². The number of esters is 1. The Morgan fingerprint density at radius 3 is 2.62 bits per heavy atom. The van der Waals surface area contributed by atoms with Gasteiger partial charge in [-0.1, -0.05) is 50.1 Å². The first kappa shape index (κ1) is 18.2. The number of carbonyl (C=O) groups is 2. The topological polar surface area (TPSA) is 64.6 Å². The van der Waals surface area contributed by atoms with Gasteiger partial charge in [0.05, 0.1) is 0 Å². The molecular formula is C21H25NO4. The standard InChI is InChI=1S/C21H25NO4/c1-15-6-2-5-9-19(15)22-20(23)13-26-21(24)14-25-18-11-10-16-7-3-4-8-17(16)12-18/h3-4,7-8,10-12,15,19H,2,5-6,9,13-14H2,1H3,(H,22,23). The second-order valence-electron chi connectivity index (χ2n) is 6.89. The summed E-state index contributed by atoms with van der Waals surface area (Å²) in [5.74, 6) is 0.272. The molecule has 0 heterocycles. The van der Waals surface area contributed by atoms with Gasteiger partial charge in [-0.05, 0) is 41.7 Å². The van der Waals surface area contributed by atoms with Gasteiger partial charge in [-0.25, -0.2) is 4.79 Å². The summed E-state index contributed by atoms with van der Waals surface area (Å²) >= 11 is 0. The lowest BCUT2D eigenvalue weighted by molar-refractivity contribution is -0.150. The highest BCUT2D eigenvalue weighted by molar-refractivity contribution is 5.84. The monoisotopic (exact) mass is 355 g/mol. The Hall–Kier alpha value is -2.56. The van der Waals surface area contributed by atoms with E-state index in [9.17, 15) is 9.59 Å². The number of benzene rings is 2. The summed E-state index contributed by atoms with van der Waals surface area (Å²) in [5.41, 5.74) is 0. The molecule has 5 nitrogen and oxygen atoms in total. The molecular weight excluding hydrogens is 330 g/mol. The number of hydrogen-bond donors (Lipinski definition) is 1. The van der Waals surface area contributed by atoms with Crippen LogP contribution in [0.5, 0.6) is 5.75 Å². The third kappa shape index (κ3) is 4.97. The predicted molar refractivity (Wildman–Crippen MR) is 100.0 cm³/mol. The van der Waals surface area contributed by atoms with Crippen molar-refractivity contribution in [3.8, 4) is 5.75 Å². The molecule has 2 aromatic rings. The Kier molecular flexibility index (Phi) is 6.10. The zero-order valence-corrected chi connectivity index (χ0v) is 15.1. The SMILES string of the molecule is CC1CCCCC1NC(=O)COC(=O)COc1ccc2ccccc2c1.